The van der Waals surface area contributed by atoms with E-state index in [0.29, 0.717) is 34.0 Å². The molecule has 0 bridgehead atoms. The summed E-state index contributed by atoms with van der Waals surface area (Å²) in [5.74, 6) is 1.13. The molecule has 0 radical (unpaired) electrons. The van der Waals surface area contributed by atoms with E-state index in [4.69, 9.17) is 18.9 Å². The molecule has 0 aliphatic carbocycles. The fraction of sp³-hybridized carbons (Fsp3) is 0.400. The summed E-state index contributed by atoms with van der Waals surface area (Å²) in [7, 11) is 0. The molecule has 0 saturated carbocycles. The molecule has 46 heavy (non-hydrogen) atoms. The molecular weight excluding hydrogens is 590 g/mol. The Kier molecular flexibility index (Phi) is 12.7. The second-order valence-electron chi connectivity index (χ2n) is 11.1. The number of aliphatic hydroxyl groups excluding tert-OH is 2. The van der Waals surface area contributed by atoms with Crippen LogP contribution >= 0.6 is 0 Å². The fourth-order valence-electron chi connectivity index (χ4n) is 4.18. The van der Waals surface area contributed by atoms with Crippen molar-refractivity contribution >= 4 is 0 Å². The Morgan fingerprint density at radius 1 is 0.587 bits per heavy atom. The van der Waals surface area contributed by atoms with Crippen LogP contribution in [0.3, 0.4) is 0 Å². The number of hydrogen-bond donors (Lipinski definition) is 4. The Morgan fingerprint density at radius 3 is 1.43 bits per heavy atom. The third kappa shape index (κ3) is 9.85. The first kappa shape index (κ1) is 34.6. The molecule has 4 N–H and O–H groups in total. The summed E-state index contributed by atoms with van der Waals surface area (Å²) in [4.78, 5) is 13.8. The number of phenolic OH excluding ortho intramolecular Hbond substituents is 2. The van der Waals surface area contributed by atoms with Gasteiger partial charge in [0, 0.05) is 17.7 Å². The van der Waals surface area contributed by atoms with E-state index < -0.39 is 12.2 Å². The highest BCUT2D eigenvalue weighted by Crippen LogP contribution is 2.35. The van der Waals surface area contributed by atoms with Crippen molar-refractivity contribution < 1.29 is 39.4 Å². The Morgan fingerprint density at radius 2 is 1.02 bits per heavy atom. The van der Waals surface area contributed by atoms with Crippen LogP contribution in [0.15, 0.2) is 66.7 Å². The molecule has 4 aromatic rings. The van der Waals surface area contributed by atoms with E-state index in [9.17, 15) is 20.4 Å². The second kappa shape index (κ2) is 16.9. The molecule has 11 heteroatoms. The zero-order valence-electron chi connectivity index (χ0n) is 26.7. The summed E-state index contributed by atoms with van der Waals surface area (Å²) < 4.78 is 22.4. The van der Waals surface area contributed by atoms with Crippen molar-refractivity contribution in [3.05, 3.63) is 66.7 Å². The normalized spacial score (nSPS) is 14.0. The zero-order valence-corrected chi connectivity index (χ0v) is 26.7. The minimum Gasteiger partial charge on any atom is -0.507 e. The maximum Gasteiger partial charge on any atom is 0.167 e. The van der Waals surface area contributed by atoms with E-state index in [1.807, 2.05) is 58.0 Å². The van der Waals surface area contributed by atoms with Gasteiger partial charge < -0.3 is 39.4 Å². The van der Waals surface area contributed by atoms with Gasteiger partial charge in [0.1, 0.15) is 48.4 Å². The minimum absolute atomic E-state index is 0.00688. The van der Waals surface area contributed by atoms with Gasteiger partial charge in [-0.05, 0) is 51.0 Å². The number of benzene rings is 3. The average molecular weight is 634 g/mol. The minimum atomic E-state index is -0.825. The number of hydrogen-bond acceptors (Lipinski definition) is 11. The summed E-state index contributed by atoms with van der Waals surface area (Å²) in [6.45, 7) is 8.15. The lowest BCUT2D eigenvalue weighted by Gasteiger charge is -2.16. The van der Waals surface area contributed by atoms with E-state index >= 15 is 0 Å². The first-order chi connectivity index (χ1) is 22.2. The highest BCUT2D eigenvalue weighted by molar-refractivity contribution is 5.72. The SMILES string of the molecule is CCC(C)OCC(O)COc1ccc(-c2nc(-c3ccccc3)nc(-c3ccc(OCC(O)COC(C)CC)cc3O)n2)c(O)c1. The third-order valence-electron chi connectivity index (χ3n) is 7.27. The molecule has 0 aliphatic rings. The standard InChI is InChI=1S/C35H43N3O8/c1-5-22(3)43-18-25(39)20-45-27-12-14-29(31(41)16-27)34-36-33(24-10-8-7-9-11-24)37-35(38-34)30-15-13-28(17-32(30)42)46-21-26(40)19-44-23(4)6-2/h7-17,22-23,25-26,39-42H,5-6,18-21H2,1-4H3. The van der Waals surface area contributed by atoms with E-state index in [-0.39, 0.29) is 61.8 Å². The van der Waals surface area contributed by atoms with E-state index in [1.54, 1.807) is 24.3 Å². The molecule has 3 aromatic carbocycles. The number of aliphatic hydroxyl groups is 2. The molecule has 0 spiro atoms. The predicted octanol–water partition coefficient (Wildman–Crippen LogP) is 5.39. The van der Waals surface area contributed by atoms with Gasteiger partial charge >= 0.3 is 0 Å². The lowest BCUT2D eigenvalue weighted by atomic mass is 10.1. The maximum absolute atomic E-state index is 11.0. The Balaban J connectivity index is 1.56. The van der Waals surface area contributed by atoms with Crippen molar-refractivity contribution in [2.75, 3.05) is 26.4 Å². The van der Waals surface area contributed by atoms with Crippen LogP contribution in [-0.2, 0) is 9.47 Å². The van der Waals surface area contributed by atoms with Crippen molar-refractivity contribution in [2.45, 2.75) is 65.0 Å². The van der Waals surface area contributed by atoms with Crippen LogP contribution in [0.1, 0.15) is 40.5 Å². The molecule has 11 nitrogen and oxygen atoms in total. The molecule has 0 amide bonds. The number of aromatic hydroxyl groups is 2. The number of phenols is 2. The van der Waals surface area contributed by atoms with Crippen molar-refractivity contribution in [1.29, 1.82) is 0 Å². The van der Waals surface area contributed by atoms with Crippen molar-refractivity contribution in [1.82, 2.24) is 15.0 Å². The van der Waals surface area contributed by atoms with Crippen LogP contribution in [0.5, 0.6) is 23.0 Å². The molecule has 246 valence electrons. The smallest absolute Gasteiger partial charge is 0.167 e. The van der Waals surface area contributed by atoms with Crippen molar-refractivity contribution in [3.63, 3.8) is 0 Å². The van der Waals surface area contributed by atoms with Gasteiger partial charge in [-0.15, -0.1) is 0 Å². The summed E-state index contributed by atoms with van der Waals surface area (Å²) in [6, 6.07) is 18.7. The summed E-state index contributed by atoms with van der Waals surface area (Å²) >= 11 is 0. The van der Waals surface area contributed by atoms with Crippen LogP contribution in [-0.4, -0.2) is 86.2 Å². The largest absolute Gasteiger partial charge is 0.507 e. The van der Waals surface area contributed by atoms with E-state index in [1.165, 1.54) is 12.1 Å². The fourth-order valence-corrected chi connectivity index (χ4v) is 4.18. The van der Waals surface area contributed by atoms with Gasteiger partial charge in [-0.2, -0.15) is 0 Å². The van der Waals surface area contributed by atoms with E-state index in [0.717, 1.165) is 12.8 Å². The van der Waals surface area contributed by atoms with Crippen LogP contribution < -0.4 is 9.47 Å². The van der Waals surface area contributed by atoms with E-state index in [2.05, 4.69) is 15.0 Å². The van der Waals surface area contributed by atoms with Crippen molar-refractivity contribution in [2.24, 2.45) is 0 Å². The number of aromatic nitrogens is 3. The average Bonchev–Trinajstić information content (AvgIpc) is 3.07. The molecule has 1 heterocycles. The van der Waals surface area contributed by atoms with Gasteiger partial charge in [0.15, 0.2) is 17.5 Å². The lowest BCUT2D eigenvalue weighted by Crippen LogP contribution is -2.25. The van der Waals surface area contributed by atoms with Gasteiger partial charge in [-0.25, -0.2) is 15.0 Å². The van der Waals surface area contributed by atoms with Crippen LogP contribution in [0, 0.1) is 0 Å². The molecule has 0 fully saturated rings. The molecule has 0 aliphatic heterocycles. The van der Waals surface area contributed by atoms with Gasteiger partial charge in [-0.1, -0.05) is 44.2 Å². The molecule has 0 saturated heterocycles. The maximum atomic E-state index is 11.0. The second-order valence-corrected chi connectivity index (χ2v) is 11.1. The first-order valence-electron chi connectivity index (χ1n) is 15.5. The Labute approximate surface area is 269 Å². The van der Waals surface area contributed by atoms with Gasteiger partial charge in [0.05, 0.1) is 36.5 Å². The van der Waals surface area contributed by atoms with Crippen LogP contribution in [0.25, 0.3) is 34.2 Å². The molecular formula is C35H43N3O8. The molecule has 1 aromatic heterocycles. The van der Waals surface area contributed by atoms with Gasteiger partial charge in [0.25, 0.3) is 0 Å². The lowest BCUT2D eigenvalue weighted by molar-refractivity contribution is -0.0192. The quantitative estimate of drug-likeness (QED) is 0.118. The summed E-state index contributed by atoms with van der Waals surface area (Å²) in [5.41, 5.74) is 1.36. The third-order valence-corrected chi connectivity index (χ3v) is 7.27. The topological polar surface area (TPSA) is 157 Å². The summed E-state index contributed by atoms with van der Waals surface area (Å²) in [6.07, 6.45) is 0.105. The predicted molar refractivity (Wildman–Crippen MR) is 174 cm³/mol. The number of nitrogens with zero attached hydrogens (tertiary/aromatic N) is 3. The molecule has 4 rings (SSSR count). The molecule has 4 unspecified atom stereocenters. The highest BCUT2D eigenvalue weighted by atomic mass is 16.5. The number of ether oxygens (including phenoxy) is 4. The zero-order chi connectivity index (χ0) is 33.1. The van der Waals surface area contributed by atoms with Crippen molar-refractivity contribution in [3.8, 4) is 57.2 Å². The Bertz CT molecular complexity index is 1450. The summed E-state index contributed by atoms with van der Waals surface area (Å²) in [5, 5.41) is 42.3. The van der Waals surface area contributed by atoms with Gasteiger partial charge in [0.2, 0.25) is 0 Å². The number of rotatable bonds is 17. The van der Waals surface area contributed by atoms with Gasteiger partial charge in [-0.3, -0.25) is 0 Å². The Hall–Kier alpha value is -4.29. The highest BCUT2D eigenvalue weighted by Gasteiger charge is 2.18. The first-order valence-corrected chi connectivity index (χ1v) is 15.5. The molecule has 4 atom stereocenters. The van der Waals surface area contributed by atoms with Crippen LogP contribution in [0.4, 0.5) is 0 Å². The van der Waals surface area contributed by atoms with Crippen LogP contribution in [0.2, 0.25) is 0 Å². The monoisotopic (exact) mass is 633 g/mol.